The van der Waals surface area contributed by atoms with Crippen LogP contribution < -0.4 is 4.90 Å². The van der Waals surface area contributed by atoms with Crippen LogP contribution in [0.15, 0.2) is 48.5 Å². The van der Waals surface area contributed by atoms with Gasteiger partial charge in [-0.2, -0.15) is 0 Å². The Morgan fingerprint density at radius 2 is 1.63 bits per heavy atom. The van der Waals surface area contributed by atoms with Crippen LogP contribution in [0.5, 0.6) is 0 Å². The van der Waals surface area contributed by atoms with Crippen LogP contribution in [0.2, 0.25) is 0 Å². The number of hydrogen-bond donors (Lipinski definition) is 0. The number of nitrogens with zero attached hydrogens (tertiary/aromatic N) is 3. The number of ether oxygens (including phenoxy) is 1. The van der Waals surface area contributed by atoms with E-state index in [1.165, 1.54) is 6.92 Å². The molecule has 0 heterocycles. The van der Waals surface area contributed by atoms with Crippen LogP contribution in [0.3, 0.4) is 0 Å². The highest BCUT2D eigenvalue weighted by molar-refractivity contribution is 5.92. The van der Waals surface area contributed by atoms with Crippen molar-refractivity contribution in [1.82, 2.24) is 0 Å². The summed E-state index contributed by atoms with van der Waals surface area (Å²) in [5, 5.41) is 22.4. The average molecular weight is 373 g/mol. The molecule has 0 radical (unpaired) electrons. The van der Waals surface area contributed by atoms with Gasteiger partial charge in [0.1, 0.15) is 0 Å². The van der Waals surface area contributed by atoms with Gasteiger partial charge in [0.2, 0.25) is 12.1 Å². The number of esters is 1. The van der Waals surface area contributed by atoms with Gasteiger partial charge in [-0.25, -0.2) is 0 Å². The fourth-order valence-electron chi connectivity index (χ4n) is 2.50. The predicted octanol–water partition coefficient (Wildman–Crippen LogP) is 3.12. The van der Waals surface area contributed by atoms with Gasteiger partial charge in [0.25, 0.3) is 11.4 Å². The van der Waals surface area contributed by atoms with E-state index in [0.717, 1.165) is 30.0 Å². The third-order valence-electron chi connectivity index (χ3n) is 3.57. The third-order valence-corrected chi connectivity index (χ3v) is 3.57. The maximum absolute atomic E-state index is 12.3. The summed E-state index contributed by atoms with van der Waals surface area (Å²) in [4.78, 5) is 45.7. The van der Waals surface area contributed by atoms with Crippen molar-refractivity contribution in [3.63, 3.8) is 0 Å². The minimum Gasteiger partial charge on any atom is -0.437 e. The fourth-order valence-corrected chi connectivity index (χ4v) is 2.50. The van der Waals surface area contributed by atoms with Gasteiger partial charge in [0.15, 0.2) is 0 Å². The average Bonchev–Trinajstić information content (AvgIpc) is 2.60. The zero-order valence-corrected chi connectivity index (χ0v) is 14.4. The lowest BCUT2D eigenvalue weighted by Gasteiger charge is -2.30. The lowest BCUT2D eigenvalue weighted by molar-refractivity contribution is -0.394. The molecule has 1 unspecified atom stereocenters. The molecule has 1 atom stereocenters. The summed E-state index contributed by atoms with van der Waals surface area (Å²) in [6.07, 6.45) is -1.47. The number of amides is 1. The van der Waals surface area contributed by atoms with Gasteiger partial charge in [0.05, 0.1) is 21.5 Å². The standard InChI is InChI=1S/C17H15N3O7/c1-11(21)18(13-6-4-3-5-7-13)17(27-12(2)22)15-9-8-14(19(23)24)10-16(15)20(25)26/h3-10,17H,1-2H3. The lowest BCUT2D eigenvalue weighted by Crippen LogP contribution is -2.36. The van der Waals surface area contributed by atoms with Gasteiger partial charge < -0.3 is 4.74 Å². The summed E-state index contributed by atoms with van der Waals surface area (Å²) >= 11 is 0. The molecular formula is C17H15N3O7. The van der Waals surface area contributed by atoms with E-state index < -0.39 is 39.3 Å². The molecule has 0 saturated heterocycles. The van der Waals surface area contributed by atoms with Crippen molar-refractivity contribution in [3.05, 3.63) is 74.3 Å². The monoisotopic (exact) mass is 373 g/mol. The molecule has 2 aromatic carbocycles. The third kappa shape index (κ3) is 4.42. The summed E-state index contributed by atoms with van der Waals surface area (Å²) in [5.74, 6) is -1.32. The van der Waals surface area contributed by atoms with E-state index in [9.17, 15) is 29.8 Å². The van der Waals surface area contributed by atoms with Gasteiger partial charge in [-0.05, 0) is 18.2 Å². The number of nitro groups is 2. The Hall–Kier alpha value is -3.82. The highest BCUT2D eigenvalue weighted by atomic mass is 16.6. The first-order valence-electron chi connectivity index (χ1n) is 7.67. The number of nitro benzene ring substituents is 2. The number of carbonyl (C=O) groups is 2. The minimum atomic E-state index is -1.47. The van der Waals surface area contributed by atoms with E-state index in [1.54, 1.807) is 30.3 Å². The van der Waals surface area contributed by atoms with Gasteiger partial charge >= 0.3 is 5.97 Å². The molecule has 0 fully saturated rings. The van der Waals surface area contributed by atoms with Crippen LogP contribution in [0, 0.1) is 20.2 Å². The number of hydrogen-bond acceptors (Lipinski definition) is 7. The van der Waals surface area contributed by atoms with Gasteiger partial charge in [-0.1, -0.05) is 18.2 Å². The van der Waals surface area contributed by atoms with Gasteiger partial charge in [0, 0.05) is 25.6 Å². The van der Waals surface area contributed by atoms with E-state index >= 15 is 0 Å². The van der Waals surface area contributed by atoms with Gasteiger partial charge in [-0.3, -0.25) is 34.7 Å². The molecule has 2 aromatic rings. The minimum absolute atomic E-state index is 0.167. The van der Waals surface area contributed by atoms with Crippen molar-refractivity contribution >= 4 is 28.9 Å². The van der Waals surface area contributed by atoms with E-state index in [0.29, 0.717) is 5.69 Å². The van der Waals surface area contributed by atoms with E-state index in [1.807, 2.05) is 0 Å². The largest absolute Gasteiger partial charge is 0.437 e. The van der Waals surface area contributed by atoms with E-state index in [-0.39, 0.29) is 5.56 Å². The van der Waals surface area contributed by atoms with E-state index in [2.05, 4.69) is 0 Å². The molecule has 0 aliphatic carbocycles. The van der Waals surface area contributed by atoms with Crippen LogP contribution in [-0.4, -0.2) is 21.7 Å². The zero-order valence-electron chi connectivity index (χ0n) is 14.4. The highest BCUT2D eigenvalue weighted by Crippen LogP contribution is 2.36. The summed E-state index contributed by atoms with van der Waals surface area (Å²) in [6.45, 7) is 2.30. The van der Waals surface area contributed by atoms with E-state index in [4.69, 9.17) is 4.74 Å². The molecule has 0 saturated carbocycles. The van der Waals surface area contributed by atoms with Crippen LogP contribution in [0.4, 0.5) is 17.1 Å². The first kappa shape index (κ1) is 19.5. The SMILES string of the molecule is CC(=O)OC(c1ccc([N+](=O)[O-])cc1[N+](=O)[O-])N(C(C)=O)c1ccccc1. The molecular weight excluding hydrogens is 358 g/mol. The van der Waals surface area contributed by atoms with Crippen LogP contribution in [-0.2, 0) is 14.3 Å². The number of rotatable bonds is 6. The number of carbonyl (C=O) groups excluding carboxylic acids is 2. The highest BCUT2D eigenvalue weighted by Gasteiger charge is 2.34. The molecule has 1 amide bonds. The number of para-hydroxylation sites is 1. The Balaban J connectivity index is 2.69. The second-order valence-corrected chi connectivity index (χ2v) is 5.44. The Morgan fingerprint density at radius 3 is 2.11 bits per heavy atom. The molecule has 27 heavy (non-hydrogen) atoms. The number of anilines is 1. The Bertz CT molecular complexity index is 899. The quantitative estimate of drug-likeness (QED) is 0.329. The topological polar surface area (TPSA) is 133 Å². The number of benzene rings is 2. The lowest BCUT2D eigenvalue weighted by atomic mass is 10.1. The van der Waals surface area contributed by atoms with Crippen LogP contribution in [0.1, 0.15) is 25.6 Å². The summed E-state index contributed by atoms with van der Waals surface area (Å²) in [7, 11) is 0. The predicted molar refractivity (Wildman–Crippen MR) is 93.9 cm³/mol. The molecule has 0 aliphatic heterocycles. The second kappa shape index (κ2) is 8.04. The fraction of sp³-hybridized carbons (Fsp3) is 0.176. The molecule has 10 heteroatoms. The summed E-state index contributed by atoms with van der Waals surface area (Å²) in [6, 6.07) is 11.0. The van der Waals surface area contributed by atoms with Crippen LogP contribution >= 0.6 is 0 Å². The molecule has 0 aliphatic rings. The normalized spacial score (nSPS) is 11.3. The van der Waals surface area contributed by atoms with Gasteiger partial charge in [-0.15, -0.1) is 0 Å². The molecule has 2 rings (SSSR count). The maximum Gasteiger partial charge on any atom is 0.304 e. The van der Waals surface area contributed by atoms with Crippen molar-refractivity contribution < 1.29 is 24.2 Å². The van der Waals surface area contributed by atoms with Crippen molar-refractivity contribution in [3.8, 4) is 0 Å². The van der Waals surface area contributed by atoms with Crippen molar-refractivity contribution in [2.24, 2.45) is 0 Å². The van der Waals surface area contributed by atoms with Crippen LogP contribution in [0.25, 0.3) is 0 Å². The van der Waals surface area contributed by atoms with Crippen molar-refractivity contribution in [1.29, 1.82) is 0 Å². The summed E-state index contributed by atoms with van der Waals surface area (Å²) < 4.78 is 5.20. The van der Waals surface area contributed by atoms with Crippen molar-refractivity contribution in [2.45, 2.75) is 20.1 Å². The molecule has 0 spiro atoms. The Morgan fingerprint density at radius 1 is 1.00 bits per heavy atom. The molecule has 0 bridgehead atoms. The molecule has 0 aromatic heterocycles. The molecule has 140 valence electrons. The second-order valence-electron chi connectivity index (χ2n) is 5.44. The Kier molecular flexibility index (Phi) is 5.81. The molecule has 0 N–H and O–H groups in total. The summed E-state index contributed by atoms with van der Waals surface area (Å²) in [5.41, 5.74) is -0.970. The van der Waals surface area contributed by atoms with Crippen molar-refractivity contribution in [2.75, 3.05) is 4.90 Å². The molecule has 10 nitrogen and oxygen atoms in total. The first-order chi connectivity index (χ1) is 12.7. The zero-order chi connectivity index (χ0) is 20.1. The first-order valence-corrected chi connectivity index (χ1v) is 7.67. The maximum atomic E-state index is 12.3. The Labute approximate surface area is 153 Å². The smallest absolute Gasteiger partial charge is 0.304 e. The number of non-ortho nitro benzene ring substituents is 1.